The number of rotatable bonds is 27. The lowest BCUT2D eigenvalue weighted by molar-refractivity contribution is -0.137. The Morgan fingerprint density at radius 3 is 2.00 bits per heavy atom. The number of carbonyl (C=O) groups is 8. The Morgan fingerprint density at radius 2 is 1.39 bits per heavy atom. The summed E-state index contributed by atoms with van der Waals surface area (Å²) in [4.78, 5) is 98.1. The van der Waals surface area contributed by atoms with Crippen molar-refractivity contribution in [1.82, 2.24) is 31.5 Å². The van der Waals surface area contributed by atoms with Gasteiger partial charge >= 0.3 is 12.1 Å². The monoisotopic (exact) mass is 788 g/mol. The topological polar surface area (TPSA) is 266 Å². The molecule has 9 amide bonds. The molecule has 0 aromatic heterocycles. The molecule has 1 aromatic carbocycles. The van der Waals surface area contributed by atoms with Crippen LogP contribution in [0.25, 0.3) is 0 Å². The molecule has 1 heterocycles. The summed E-state index contributed by atoms with van der Waals surface area (Å²) in [6.45, 7) is 7.29. The van der Waals surface area contributed by atoms with Crippen LogP contribution < -0.4 is 37.6 Å². The van der Waals surface area contributed by atoms with Crippen molar-refractivity contribution in [3.05, 3.63) is 42.0 Å². The molecular formula is C37H56N8O11. The molecule has 0 aliphatic carbocycles. The molecule has 0 saturated carbocycles. The fraction of sp³-hybridized carbons (Fsp3) is 0.568. The number of nitrogens with zero attached hydrogens (tertiary/aromatic N) is 1. The molecule has 1 aliphatic heterocycles. The maximum absolute atomic E-state index is 13.4. The fourth-order valence-corrected chi connectivity index (χ4v) is 5.17. The summed E-state index contributed by atoms with van der Waals surface area (Å²) in [7, 11) is 0. The SMILES string of the molecule is CC(=O)NCCOCCOCCNC(=O)OCc1ccc(NC(=O)[C@@H](CCCNC(N)=O)NC(=O)[C@H](NC(=O)CCCCCN2C(=O)C=CC2=O)C(C)C)cc1. The molecule has 2 atom stereocenters. The largest absolute Gasteiger partial charge is 0.445 e. The molecule has 19 nitrogen and oxygen atoms in total. The number of unbranched alkanes of at least 4 members (excludes halogenated alkanes) is 2. The highest BCUT2D eigenvalue weighted by Gasteiger charge is 2.29. The molecule has 0 fully saturated rings. The summed E-state index contributed by atoms with van der Waals surface area (Å²) >= 11 is 0. The van der Waals surface area contributed by atoms with Crippen LogP contribution in [0.4, 0.5) is 15.3 Å². The Hall–Kier alpha value is -5.56. The molecule has 1 aliphatic rings. The van der Waals surface area contributed by atoms with Crippen molar-refractivity contribution in [3.63, 3.8) is 0 Å². The maximum Gasteiger partial charge on any atom is 0.407 e. The first-order valence-corrected chi connectivity index (χ1v) is 18.6. The minimum atomic E-state index is -1.03. The summed E-state index contributed by atoms with van der Waals surface area (Å²) in [5.74, 6) is -2.59. The van der Waals surface area contributed by atoms with Crippen molar-refractivity contribution in [3.8, 4) is 0 Å². The maximum atomic E-state index is 13.4. The first-order valence-electron chi connectivity index (χ1n) is 18.6. The van der Waals surface area contributed by atoms with E-state index in [1.54, 1.807) is 38.1 Å². The van der Waals surface area contributed by atoms with Crippen LogP contribution >= 0.6 is 0 Å². The van der Waals surface area contributed by atoms with Crippen molar-refractivity contribution in [2.24, 2.45) is 11.7 Å². The van der Waals surface area contributed by atoms with Gasteiger partial charge in [-0.05, 0) is 49.3 Å². The summed E-state index contributed by atoms with van der Waals surface area (Å²) in [5.41, 5.74) is 6.22. The van der Waals surface area contributed by atoms with Crippen LogP contribution in [0.5, 0.6) is 0 Å². The van der Waals surface area contributed by atoms with Crippen LogP contribution in [0.2, 0.25) is 0 Å². The van der Waals surface area contributed by atoms with Crippen molar-refractivity contribution in [2.45, 2.75) is 78.0 Å². The van der Waals surface area contributed by atoms with Gasteiger partial charge in [0, 0.05) is 57.4 Å². The van der Waals surface area contributed by atoms with Gasteiger partial charge in [0.25, 0.3) is 11.8 Å². The van der Waals surface area contributed by atoms with E-state index in [1.807, 2.05) is 0 Å². The number of anilines is 1. The lowest BCUT2D eigenvalue weighted by Crippen LogP contribution is -2.54. The van der Waals surface area contributed by atoms with Crippen molar-refractivity contribution < 1.29 is 52.6 Å². The minimum Gasteiger partial charge on any atom is -0.445 e. The molecule has 19 heteroatoms. The molecule has 2 rings (SSSR count). The summed E-state index contributed by atoms with van der Waals surface area (Å²) in [5, 5.41) is 15.9. The van der Waals surface area contributed by atoms with Gasteiger partial charge in [0.05, 0.1) is 26.4 Å². The van der Waals surface area contributed by atoms with Gasteiger partial charge in [-0.2, -0.15) is 0 Å². The lowest BCUT2D eigenvalue weighted by Gasteiger charge is -2.25. The third-order valence-electron chi connectivity index (χ3n) is 8.15. The Bertz CT molecular complexity index is 1490. The van der Waals surface area contributed by atoms with Gasteiger partial charge in [-0.15, -0.1) is 0 Å². The number of nitrogens with two attached hydrogens (primary N) is 1. The van der Waals surface area contributed by atoms with Crippen molar-refractivity contribution >= 4 is 53.3 Å². The number of amides is 9. The van der Waals surface area contributed by atoms with Crippen LogP contribution in [-0.4, -0.2) is 117 Å². The zero-order valence-corrected chi connectivity index (χ0v) is 32.3. The van der Waals surface area contributed by atoms with Gasteiger partial charge in [-0.1, -0.05) is 32.4 Å². The Morgan fingerprint density at radius 1 is 0.750 bits per heavy atom. The summed E-state index contributed by atoms with van der Waals surface area (Å²) in [6, 6.07) is 3.86. The van der Waals surface area contributed by atoms with Gasteiger partial charge in [0.15, 0.2) is 0 Å². The van der Waals surface area contributed by atoms with E-state index in [0.717, 1.165) is 4.90 Å². The van der Waals surface area contributed by atoms with E-state index in [2.05, 4.69) is 31.9 Å². The lowest BCUT2D eigenvalue weighted by atomic mass is 10.0. The van der Waals surface area contributed by atoms with Gasteiger partial charge in [0.1, 0.15) is 18.7 Å². The number of primary amides is 1. The second-order valence-electron chi connectivity index (χ2n) is 13.2. The van der Waals surface area contributed by atoms with Crippen LogP contribution in [0, 0.1) is 5.92 Å². The van der Waals surface area contributed by atoms with Gasteiger partial charge in [-0.3, -0.25) is 33.7 Å². The number of urea groups is 1. The van der Waals surface area contributed by atoms with E-state index < -0.39 is 36.0 Å². The van der Waals surface area contributed by atoms with Crippen molar-refractivity contribution in [2.75, 3.05) is 57.9 Å². The normalized spacial score (nSPS) is 13.2. The molecule has 310 valence electrons. The standard InChI is InChI=1S/C37H56N8O11/c1-25(2)33(44-30(47)9-5-4-6-19-45-31(48)14-15-32(45)49)35(51)43-29(8-7-16-40-36(38)52)34(50)42-28-12-10-27(11-13-28)24-56-37(53)41-18-21-55-23-22-54-20-17-39-26(3)46/h10-15,25,29,33H,4-9,16-24H2,1-3H3,(H,39,46)(H,41,53)(H,42,50)(H,43,51)(H,44,47)(H3,38,40,52)/t29-,33-/m1/s1. The Labute approximate surface area is 326 Å². The highest BCUT2D eigenvalue weighted by Crippen LogP contribution is 2.13. The second kappa shape index (κ2) is 26.3. The predicted molar refractivity (Wildman–Crippen MR) is 203 cm³/mol. The van der Waals surface area contributed by atoms with E-state index in [4.69, 9.17) is 19.9 Å². The predicted octanol–water partition coefficient (Wildman–Crippen LogP) is 0.580. The Balaban J connectivity index is 1.81. The van der Waals surface area contributed by atoms with E-state index in [1.165, 1.54) is 19.1 Å². The first-order chi connectivity index (χ1) is 26.8. The van der Waals surface area contributed by atoms with Crippen LogP contribution in [0.1, 0.15) is 64.9 Å². The highest BCUT2D eigenvalue weighted by atomic mass is 16.5. The molecule has 0 bridgehead atoms. The third kappa shape index (κ3) is 19.7. The summed E-state index contributed by atoms with van der Waals surface area (Å²) in [6.07, 6.45) is 4.00. The van der Waals surface area contributed by atoms with Gasteiger partial charge in [-0.25, -0.2) is 9.59 Å². The number of imide groups is 1. The molecule has 0 saturated heterocycles. The minimum absolute atomic E-state index is 0.0325. The smallest absolute Gasteiger partial charge is 0.407 e. The van der Waals surface area contributed by atoms with Gasteiger partial charge < -0.3 is 51.8 Å². The quantitative estimate of drug-likeness (QED) is 0.0479. The van der Waals surface area contributed by atoms with Crippen LogP contribution in [-0.2, 0) is 49.6 Å². The number of alkyl carbamates (subject to hydrolysis) is 1. The van der Waals surface area contributed by atoms with Crippen LogP contribution in [0.3, 0.4) is 0 Å². The van der Waals surface area contributed by atoms with Crippen molar-refractivity contribution in [1.29, 1.82) is 0 Å². The molecular weight excluding hydrogens is 732 g/mol. The number of ether oxygens (including phenoxy) is 3. The second-order valence-corrected chi connectivity index (χ2v) is 13.2. The molecule has 0 spiro atoms. The average molecular weight is 789 g/mol. The van der Waals surface area contributed by atoms with E-state index >= 15 is 0 Å². The van der Waals surface area contributed by atoms with E-state index in [0.29, 0.717) is 63.3 Å². The molecule has 0 radical (unpaired) electrons. The number of nitrogens with one attached hydrogen (secondary N) is 6. The molecule has 56 heavy (non-hydrogen) atoms. The number of hydrogen-bond acceptors (Lipinski definition) is 11. The zero-order chi connectivity index (χ0) is 41.3. The fourth-order valence-electron chi connectivity index (χ4n) is 5.17. The van der Waals surface area contributed by atoms with Crippen LogP contribution in [0.15, 0.2) is 36.4 Å². The molecule has 0 unspecified atom stereocenters. The number of carbonyl (C=O) groups excluding carboxylic acids is 8. The zero-order valence-electron chi connectivity index (χ0n) is 32.3. The number of benzene rings is 1. The third-order valence-corrected chi connectivity index (χ3v) is 8.15. The van der Waals surface area contributed by atoms with Gasteiger partial charge in [0.2, 0.25) is 23.6 Å². The molecule has 1 aromatic rings. The van der Waals surface area contributed by atoms with E-state index in [9.17, 15) is 38.4 Å². The first kappa shape index (κ1) is 46.6. The Kier molecular flexibility index (Phi) is 21.9. The number of hydrogen-bond donors (Lipinski definition) is 7. The average Bonchev–Trinajstić information content (AvgIpc) is 3.47. The highest BCUT2D eigenvalue weighted by molar-refractivity contribution is 6.12. The summed E-state index contributed by atoms with van der Waals surface area (Å²) < 4.78 is 15.9. The van der Waals surface area contributed by atoms with E-state index in [-0.39, 0.29) is 75.2 Å². The molecule has 8 N–H and O–H groups in total.